The molecule has 5 heteroatoms. The van der Waals surface area contributed by atoms with Crippen LogP contribution in [-0.2, 0) is 6.54 Å². The minimum atomic E-state index is 0.439. The summed E-state index contributed by atoms with van der Waals surface area (Å²) in [5.74, 6) is 0.784. The standard InChI is InChI=1S/C15H17N5/c1-11(2)16-9-12-7-8-15(19-18-12)20-10-17-13-5-3-4-6-14(13)20/h3-8,10-11,16H,9H2,1-2H3. The summed E-state index contributed by atoms with van der Waals surface area (Å²) in [5, 5.41) is 11.9. The second-order valence-electron chi connectivity index (χ2n) is 5.02. The van der Waals surface area contributed by atoms with Gasteiger partial charge in [0.1, 0.15) is 6.33 Å². The van der Waals surface area contributed by atoms with Crippen molar-refractivity contribution >= 4 is 11.0 Å². The average Bonchev–Trinajstić information content (AvgIpc) is 2.89. The summed E-state index contributed by atoms with van der Waals surface area (Å²) in [7, 11) is 0. The molecule has 20 heavy (non-hydrogen) atoms. The Kier molecular flexibility index (Phi) is 3.43. The van der Waals surface area contributed by atoms with Gasteiger partial charge in [0.25, 0.3) is 0 Å². The van der Waals surface area contributed by atoms with Gasteiger partial charge in [-0.1, -0.05) is 26.0 Å². The lowest BCUT2D eigenvalue weighted by atomic mass is 10.3. The number of benzene rings is 1. The number of rotatable bonds is 4. The lowest BCUT2D eigenvalue weighted by molar-refractivity contribution is 0.577. The fourth-order valence-electron chi connectivity index (χ4n) is 2.03. The Hall–Kier alpha value is -2.27. The van der Waals surface area contributed by atoms with Gasteiger partial charge in [0, 0.05) is 12.6 Å². The van der Waals surface area contributed by atoms with Crippen molar-refractivity contribution in [2.75, 3.05) is 0 Å². The molecule has 2 aromatic heterocycles. The Labute approximate surface area is 117 Å². The smallest absolute Gasteiger partial charge is 0.161 e. The molecule has 0 aliphatic heterocycles. The van der Waals surface area contributed by atoms with Gasteiger partial charge in [0.2, 0.25) is 0 Å². The molecule has 0 saturated heterocycles. The first kappa shape index (κ1) is 12.7. The zero-order valence-corrected chi connectivity index (χ0v) is 11.6. The molecular weight excluding hydrogens is 250 g/mol. The van der Waals surface area contributed by atoms with Crippen molar-refractivity contribution in [3.05, 3.63) is 48.4 Å². The molecule has 0 amide bonds. The van der Waals surface area contributed by atoms with E-state index in [0.29, 0.717) is 6.04 Å². The first-order valence-corrected chi connectivity index (χ1v) is 6.72. The molecule has 0 aliphatic carbocycles. The highest BCUT2D eigenvalue weighted by molar-refractivity contribution is 5.76. The van der Waals surface area contributed by atoms with Crippen LogP contribution < -0.4 is 5.32 Å². The largest absolute Gasteiger partial charge is 0.309 e. The highest BCUT2D eigenvalue weighted by Crippen LogP contribution is 2.15. The third kappa shape index (κ3) is 2.53. The fourth-order valence-corrected chi connectivity index (χ4v) is 2.03. The Morgan fingerprint density at radius 1 is 1.10 bits per heavy atom. The third-order valence-corrected chi connectivity index (χ3v) is 3.10. The molecule has 1 N–H and O–H groups in total. The maximum absolute atomic E-state index is 4.36. The van der Waals surface area contributed by atoms with Crippen molar-refractivity contribution in [3.8, 4) is 5.82 Å². The normalized spacial score (nSPS) is 11.3. The number of hydrogen-bond acceptors (Lipinski definition) is 4. The van der Waals surface area contributed by atoms with E-state index in [1.165, 1.54) is 0 Å². The number of imidazole rings is 1. The van der Waals surface area contributed by atoms with E-state index < -0.39 is 0 Å². The fraction of sp³-hybridized carbons (Fsp3) is 0.267. The quantitative estimate of drug-likeness (QED) is 0.788. The van der Waals surface area contributed by atoms with Gasteiger partial charge in [-0.2, -0.15) is 5.10 Å². The monoisotopic (exact) mass is 267 g/mol. The number of nitrogens with zero attached hydrogens (tertiary/aromatic N) is 4. The first-order chi connectivity index (χ1) is 9.74. The summed E-state index contributed by atoms with van der Waals surface area (Å²) in [6.45, 7) is 4.95. The van der Waals surface area contributed by atoms with Crippen molar-refractivity contribution in [3.63, 3.8) is 0 Å². The molecule has 2 heterocycles. The third-order valence-electron chi connectivity index (χ3n) is 3.10. The van der Waals surface area contributed by atoms with Crippen molar-refractivity contribution in [1.29, 1.82) is 0 Å². The van der Waals surface area contributed by atoms with E-state index in [0.717, 1.165) is 29.1 Å². The van der Waals surface area contributed by atoms with Gasteiger partial charge in [-0.3, -0.25) is 4.57 Å². The highest BCUT2D eigenvalue weighted by Gasteiger charge is 2.05. The summed E-state index contributed by atoms with van der Waals surface area (Å²) in [4.78, 5) is 4.36. The van der Waals surface area contributed by atoms with Crippen molar-refractivity contribution in [2.45, 2.75) is 26.4 Å². The molecule has 0 atom stereocenters. The molecule has 0 unspecified atom stereocenters. The van der Waals surface area contributed by atoms with E-state index in [4.69, 9.17) is 0 Å². The van der Waals surface area contributed by atoms with E-state index in [9.17, 15) is 0 Å². The van der Waals surface area contributed by atoms with Crippen LogP contribution in [0.4, 0.5) is 0 Å². The van der Waals surface area contributed by atoms with Crippen LogP contribution in [0.1, 0.15) is 19.5 Å². The number of para-hydroxylation sites is 2. The number of hydrogen-bond donors (Lipinski definition) is 1. The number of nitrogens with one attached hydrogen (secondary N) is 1. The van der Waals surface area contributed by atoms with Gasteiger partial charge in [-0.25, -0.2) is 4.98 Å². The minimum absolute atomic E-state index is 0.439. The van der Waals surface area contributed by atoms with Gasteiger partial charge in [0.15, 0.2) is 5.82 Å². The maximum Gasteiger partial charge on any atom is 0.161 e. The van der Waals surface area contributed by atoms with Gasteiger partial charge in [-0.15, -0.1) is 5.10 Å². The van der Waals surface area contributed by atoms with Crippen LogP contribution in [0.2, 0.25) is 0 Å². The molecule has 3 aromatic rings. The number of aromatic nitrogens is 4. The number of fused-ring (bicyclic) bond motifs is 1. The van der Waals surface area contributed by atoms with Gasteiger partial charge in [0.05, 0.1) is 16.7 Å². The van der Waals surface area contributed by atoms with E-state index in [1.54, 1.807) is 6.33 Å². The lowest BCUT2D eigenvalue weighted by Gasteiger charge is -2.07. The van der Waals surface area contributed by atoms with Crippen LogP contribution >= 0.6 is 0 Å². The van der Waals surface area contributed by atoms with Gasteiger partial charge >= 0.3 is 0 Å². The Morgan fingerprint density at radius 3 is 2.70 bits per heavy atom. The highest BCUT2D eigenvalue weighted by atomic mass is 15.2. The SMILES string of the molecule is CC(C)NCc1ccc(-n2cnc3ccccc32)nn1. The summed E-state index contributed by atoms with van der Waals surface area (Å²) < 4.78 is 1.95. The Morgan fingerprint density at radius 2 is 1.95 bits per heavy atom. The second kappa shape index (κ2) is 5.38. The molecule has 5 nitrogen and oxygen atoms in total. The van der Waals surface area contributed by atoms with Crippen LogP contribution in [0.5, 0.6) is 0 Å². The van der Waals surface area contributed by atoms with Crippen LogP contribution in [0.25, 0.3) is 16.9 Å². The van der Waals surface area contributed by atoms with Crippen molar-refractivity contribution in [1.82, 2.24) is 25.1 Å². The van der Waals surface area contributed by atoms with Crippen LogP contribution in [0.15, 0.2) is 42.7 Å². The van der Waals surface area contributed by atoms with Crippen LogP contribution in [0.3, 0.4) is 0 Å². The Balaban J connectivity index is 1.87. The molecule has 0 saturated carbocycles. The van der Waals surface area contributed by atoms with Crippen LogP contribution in [0, 0.1) is 0 Å². The maximum atomic E-state index is 4.36. The topological polar surface area (TPSA) is 55.6 Å². The van der Waals surface area contributed by atoms with Crippen molar-refractivity contribution in [2.24, 2.45) is 0 Å². The molecule has 0 spiro atoms. The zero-order chi connectivity index (χ0) is 13.9. The molecule has 0 aliphatic rings. The molecule has 3 rings (SSSR count). The second-order valence-corrected chi connectivity index (χ2v) is 5.02. The van der Waals surface area contributed by atoms with E-state index in [1.807, 2.05) is 41.0 Å². The molecule has 1 aromatic carbocycles. The predicted molar refractivity (Wildman–Crippen MR) is 78.6 cm³/mol. The zero-order valence-electron chi connectivity index (χ0n) is 11.6. The van der Waals surface area contributed by atoms with Gasteiger partial charge < -0.3 is 5.32 Å². The summed E-state index contributed by atoms with van der Waals surface area (Å²) in [6, 6.07) is 12.4. The predicted octanol–water partition coefficient (Wildman–Crippen LogP) is 2.31. The molecule has 0 radical (unpaired) electrons. The van der Waals surface area contributed by atoms with E-state index in [-0.39, 0.29) is 0 Å². The van der Waals surface area contributed by atoms with E-state index in [2.05, 4.69) is 34.3 Å². The van der Waals surface area contributed by atoms with Gasteiger partial charge in [-0.05, 0) is 24.3 Å². The summed E-state index contributed by atoms with van der Waals surface area (Å²) in [6.07, 6.45) is 1.78. The Bertz CT molecular complexity index is 700. The van der Waals surface area contributed by atoms with E-state index >= 15 is 0 Å². The van der Waals surface area contributed by atoms with Crippen LogP contribution in [-0.4, -0.2) is 25.8 Å². The lowest BCUT2D eigenvalue weighted by Crippen LogP contribution is -2.22. The first-order valence-electron chi connectivity index (χ1n) is 6.72. The average molecular weight is 267 g/mol. The minimum Gasteiger partial charge on any atom is -0.309 e. The molecule has 0 bridgehead atoms. The summed E-state index contributed by atoms with van der Waals surface area (Å²) in [5.41, 5.74) is 2.93. The van der Waals surface area contributed by atoms with Crippen molar-refractivity contribution < 1.29 is 0 Å². The molecule has 0 fully saturated rings. The summed E-state index contributed by atoms with van der Waals surface area (Å²) >= 11 is 0. The molecule has 102 valence electrons. The molecular formula is C15H17N5.